The smallest absolute Gasteiger partial charge is 0.0847 e. The number of hydrogen-bond donors (Lipinski definition) is 1. The van der Waals surface area contributed by atoms with Crippen molar-refractivity contribution in [2.75, 3.05) is 6.54 Å². The highest BCUT2D eigenvalue weighted by Crippen LogP contribution is 2.48. The highest BCUT2D eigenvalue weighted by Gasteiger charge is 2.47. The van der Waals surface area contributed by atoms with Crippen LogP contribution in [0.3, 0.4) is 0 Å². The summed E-state index contributed by atoms with van der Waals surface area (Å²) < 4.78 is 0. The average Bonchev–Trinajstić information content (AvgIpc) is 3.03. The molecule has 2 aliphatic heterocycles. The van der Waals surface area contributed by atoms with E-state index in [0.717, 1.165) is 19.5 Å². The molecule has 1 atom stereocenters. The molecule has 0 saturated carbocycles. The van der Waals surface area contributed by atoms with E-state index in [1.54, 1.807) is 0 Å². The predicted molar refractivity (Wildman–Crippen MR) is 85.3 cm³/mol. The van der Waals surface area contributed by atoms with E-state index in [-0.39, 0.29) is 5.54 Å². The monoisotopic (exact) mass is 274 g/mol. The van der Waals surface area contributed by atoms with Gasteiger partial charge >= 0.3 is 0 Å². The van der Waals surface area contributed by atoms with Gasteiger partial charge in [0.15, 0.2) is 0 Å². The molecule has 2 aliphatic rings. The van der Waals surface area contributed by atoms with Gasteiger partial charge in [0.2, 0.25) is 0 Å². The normalized spacial score (nSPS) is 23.9. The Labute approximate surface area is 124 Å². The summed E-state index contributed by atoms with van der Waals surface area (Å²) >= 11 is 0. The van der Waals surface area contributed by atoms with Crippen molar-refractivity contribution < 1.29 is 0 Å². The van der Waals surface area contributed by atoms with Crippen LogP contribution in [0.4, 0.5) is 0 Å². The maximum absolute atomic E-state index is 3.73. The lowest BCUT2D eigenvalue weighted by Crippen LogP contribution is -2.44. The third-order valence-electron chi connectivity index (χ3n) is 5.47. The Hall–Kier alpha value is -2.06. The highest BCUT2D eigenvalue weighted by atomic mass is 15.2. The number of fused-ring (bicyclic) bond motifs is 7. The lowest BCUT2D eigenvalue weighted by molar-refractivity contribution is 0.141. The van der Waals surface area contributed by atoms with Crippen LogP contribution >= 0.6 is 0 Å². The van der Waals surface area contributed by atoms with Crippen molar-refractivity contribution in [1.82, 2.24) is 9.88 Å². The molecule has 3 aromatic rings. The number of aromatic nitrogens is 1. The first kappa shape index (κ1) is 11.6. The lowest BCUT2D eigenvalue weighted by Gasteiger charge is -2.40. The van der Waals surface area contributed by atoms with Crippen LogP contribution in [0, 0.1) is 0 Å². The van der Waals surface area contributed by atoms with E-state index in [1.807, 2.05) is 0 Å². The Balaban J connectivity index is 1.85. The topological polar surface area (TPSA) is 19.0 Å². The van der Waals surface area contributed by atoms with E-state index in [1.165, 1.54) is 33.3 Å². The second-order valence-electron chi connectivity index (χ2n) is 6.43. The SMILES string of the molecule is C[C@@]12c3ccccc3CN1CCc1c2[nH]c2ccccc12. The number of aromatic amines is 1. The van der Waals surface area contributed by atoms with E-state index in [2.05, 4.69) is 65.3 Å². The van der Waals surface area contributed by atoms with Gasteiger partial charge in [-0.2, -0.15) is 0 Å². The molecule has 21 heavy (non-hydrogen) atoms. The second kappa shape index (κ2) is 3.77. The Morgan fingerprint density at radius 1 is 1.05 bits per heavy atom. The van der Waals surface area contributed by atoms with Crippen LogP contribution in [-0.2, 0) is 18.5 Å². The first-order chi connectivity index (χ1) is 10.3. The van der Waals surface area contributed by atoms with Crippen molar-refractivity contribution in [3.05, 3.63) is 70.9 Å². The number of hydrogen-bond acceptors (Lipinski definition) is 1. The van der Waals surface area contributed by atoms with Gasteiger partial charge in [-0.3, -0.25) is 4.90 Å². The Morgan fingerprint density at radius 2 is 1.86 bits per heavy atom. The van der Waals surface area contributed by atoms with E-state index in [0.29, 0.717) is 0 Å². The molecule has 2 heteroatoms. The molecule has 5 rings (SSSR count). The molecule has 0 aliphatic carbocycles. The van der Waals surface area contributed by atoms with E-state index < -0.39 is 0 Å². The first-order valence-corrected chi connectivity index (χ1v) is 7.72. The fourth-order valence-corrected chi connectivity index (χ4v) is 4.38. The third kappa shape index (κ3) is 1.31. The molecule has 2 nitrogen and oxygen atoms in total. The van der Waals surface area contributed by atoms with Crippen molar-refractivity contribution in [3.8, 4) is 0 Å². The molecule has 1 N–H and O–H groups in total. The van der Waals surface area contributed by atoms with E-state index in [9.17, 15) is 0 Å². The van der Waals surface area contributed by atoms with Crippen LogP contribution in [0.2, 0.25) is 0 Å². The zero-order valence-electron chi connectivity index (χ0n) is 12.2. The van der Waals surface area contributed by atoms with Crippen molar-refractivity contribution in [2.24, 2.45) is 0 Å². The van der Waals surface area contributed by atoms with Crippen molar-refractivity contribution >= 4 is 10.9 Å². The largest absolute Gasteiger partial charge is 0.356 e. The molecule has 0 radical (unpaired) electrons. The fraction of sp³-hybridized carbons (Fsp3) is 0.263. The minimum absolute atomic E-state index is 0.00317. The second-order valence-corrected chi connectivity index (χ2v) is 6.43. The van der Waals surface area contributed by atoms with Gasteiger partial charge in [-0.1, -0.05) is 42.5 Å². The van der Waals surface area contributed by atoms with Gasteiger partial charge in [0.25, 0.3) is 0 Å². The molecule has 1 aromatic heterocycles. The van der Waals surface area contributed by atoms with Crippen LogP contribution in [0.25, 0.3) is 10.9 Å². The molecule has 0 amide bonds. The first-order valence-electron chi connectivity index (χ1n) is 7.72. The lowest BCUT2D eigenvalue weighted by atomic mass is 9.83. The molecule has 2 aromatic carbocycles. The number of H-pyrrole nitrogens is 1. The standard InChI is InChI=1S/C19H18N2/c1-19-16-8-4-2-6-13(16)12-21(19)11-10-15-14-7-3-5-9-17(14)20-18(15)19/h2-9,20H,10-12H2,1H3/t19-/m0/s1. The summed E-state index contributed by atoms with van der Waals surface area (Å²) in [5.41, 5.74) is 7.14. The number of benzene rings is 2. The molecule has 104 valence electrons. The summed E-state index contributed by atoms with van der Waals surface area (Å²) in [4.78, 5) is 6.35. The maximum atomic E-state index is 3.73. The van der Waals surface area contributed by atoms with Crippen LogP contribution in [0.1, 0.15) is 29.3 Å². The molecule has 0 unspecified atom stereocenters. The number of para-hydroxylation sites is 1. The summed E-state index contributed by atoms with van der Waals surface area (Å²) in [6, 6.07) is 17.6. The summed E-state index contributed by atoms with van der Waals surface area (Å²) in [5, 5.41) is 1.40. The van der Waals surface area contributed by atoms with Gasteiger partial charge < -0.3 is 4.98 Å². The highest BCUT2D eigenvalue weighted by molar-refractivity contribution is 5.85. The maximum Gasteiger partial charge on any atom is 0.0847 e. The number of nitrogens with one attached hydrogen (secondary N) is 1. The number of rotatable bonds is 0. The van der Waals surface area contributed by atoms with Crippen LogP contribution in [-0.4, -0.2) is 16.4 Å². The third-order valence-corrected chi connectivity index (χ3v) is 5.47. The van der Waals surface area contributed by atoms with Crippen LogP contribution in [0.15, 0.2) is 48.5 Å². The Kier molecular flexibility index (Phi) is 2.08. The van der Waals surface area contributed by atoms with Crippen LogP contribution < -0.4 is 0 Å². The van der Waals surface area contributed by atoms with Crippen molar-refractivity contribution in [2.45, 2.75) is 25.4 Å². The molecule has 3 heterocycles. The summed E-state index contributed by atoms with van der Waals surface area (Å²) in [6.45, 7) is 4.59. The zero-order valence-corrected chi connectivity index (χ0v) is 12.2. The van der Waals surface area contributed by atoms with Gasteiger partial charge in [-0.15, -0.1) is 0 Å². The minimum Gasteiger partial charge on any atom is -0.356 e. The van der Waals surface area contributed by atoms with Gasteiger partial charge in [-0.05, 0) is 36.1 Å². The summed E-state index contributed by atoms with van der Waals surface area (Å²) in [5.74, 6) is 0. The molecule has 0 fully saturated rings. The summed E-state index contributed by atoms with van der Waals surface area (Å²) in [7, 11) is 0. The molecular formula is C19H18N2. The minimum atomic E-state index is 0.00317. The van der Waals surface area contributed by atoms with Gasteiger partial charge in [-0.25, -0.2) is 0 Å². The summed E-state index contributed by atoms with van der Waals surface area (Å²) in [6.07, 6.45) is 1.14. The molecule has 0 saturated heterocycles. The van der Waals surface area contributed by atoms with Crippen LogP contribution in [0.5, 0.6) is 0 Å². The van der Waals surface area contributed by atoms with Gasteiger partial charge in [0.05, 0.1) is 5.54 Å². The fourth-order valence-electron chi connectivity index (χ4n) is 4.38. The zero-order chi connectivity index (χ0) is 14.0. The van der Waals surface area contributed by atoms with Crippen molar-refractivity contribution in [1.29, 1.82) is 0 Å². The van der Waals surface area contributed by atoms with Gasteiger partial charge in [0, 0.05) is 29.7 Å². The molecular weight excluding hydrogens is 256 g/mol. The Morgan fingerprint density at radius 3 is 2.81 bits per heavy atom. The quantitative estimate of drug-likeness (QED) is 0.660. The molecule has 0 spiro atoms. The number of nitrogens with zero attached hydrogens (tertiary/aromatic N) is 1. The van der Waals surface area contributed by atoms with E-state index in [4.69, 9.17) is 0 Å². The predicted octanol–water partition coefficient (Wildman–Crippen LogP) is 3.80. The van der Waals surface area contributed by atoms with Crippen molar-refractivity contribution in [3.63, 3.8) is 0 Å². The van der Waals surface area contributed by atoms with E-state index >= 15 is 0 Å². The molecule has 0 bridgehead atoms. The van der Waals surface area contributed by atoms with Gasteiger partial charge in [0.1, 0.15) is 0 Å². The Bertz CT molecular complexity index is 861. The average molecular weight is 274 g/mol.